The van der Waals surface area contributed by atoms with Crippen molar-refractivity contribution in [1.82, 2.24) is 9.88 Å². The zero-order valence-electron chi connectivity index (χ0n) is 27.3. The predicted molar refractivity (Wildman–Crippen MR) is 182 cm³/mol. The second-order valence-electron chi connectivity index (χ2n) is 11.7. The molecule has 0 saturated heterocycles. The van der Waals surface area contributed by atoms with Crippen LogP contribution < -0.4 is 20.9 Å². The first-order valence-corrected chi connectivity index (χ1v) is 15.6. The number of fused-ring (bicyclic) bond motifs is 1. The lowest BCUT2D eigenvalue weighted by Crippen LogP contribution is -2.46. The van der Waals surface area contributed by atoms with Crippen LogP contribution in [0.3, 0.4) is 0 Å². The molecule has 0 spiro atoms. The van der Waals surface area contributed by atoms with Crippen molar-refractivity contribution in [3.8, 4) is 5.75 Å². The SMILES string of the molecule is COC(=O)Cc1ccc(CC(NC(=O)Cc2cccc3ccccc23)C(=O)Nc2c(C)ccn(Cc3ccc(OC(F)(F)F)cc3)c2=O)cc1. The van der Waals surface area contributed by atoms with Gasteiger partial charge >= 0.3 is 12.3 Å². The van der Waals surface area contributed by atoms with Gasteiger partial charge in [-0.05, 0) is 63.7 Å². The Kier molecular flexibility index (Phi) is 11.0. The molecule has 4 aromatic carbocycles. The van der Waals surface area contributed by atoms with E-state index in [0.29, 0.717) is 22.3 Å². The number of nitrogens with zero attached hydrogens (tertiary/aromatic N) is 1. The molecule has 1 aromatic heterocycles. The third-order valence-electron chi connectivity index (χ3n) is 8.05. The van der Waals surface area contributed by atoms with Gasteiger partial charge in [-0.1, -0.05) is 78.9 Å². The molecule has 1 heterocycles. The molecule has 258 valence electrons. The highest BCUT2D eigenvalue weighted by atomic mass is 19.4. The van der Waals surface area contributed by atoms with Gasteiger partial charge in [0, 0.05) is 12.6 Å². The van der Waals surface area contributed by atoms with Crippen LogP contribution in [-0.4, -0.2) is 41.9 Å². The second kappa shape index (κ2) is 15.5. The van der Waals surface area contributed by atoms with E-state index in [4.69, 9.17) is 4.74 Å². The topological polar surface area (TPSA) is 116 Å². The molecule has 0 aliphatic carbocycles. The average Bonchev–Trinajstić information content (AvgIpc) is 3.08. The van der Waals surface area contributed by atoms with Gasteiger partial charge < -0.3 is 24.7 Å². The van der Waals surface area contributed by atoms with Crippen LogP contribution in [0.1, 0.15) is 27.8 Å². The van der Waals surface area contributed by atoms with Gasteiger partial charge in [0.2, 0.25) is 11.8 Å². The maximum atomic E-state index is 13.9. The number of aryl methyl sites for hydroxylation is 1. The van der Waals surface area contributed by atoms with Gasteiger partial charge in [0.25, 0.3) is 5.56 Å². The van der Waals surface area contributed by atoms with Crippen LogP contribution in [0, 0.1) is 6.92 Å². The molecule has 1 atom stereocenters. The standard InChI is InChI=1S/C38H34F3N3O6/c1-24-18-19-44(23-27-14-16-30(17-15-27)50-38(39,40)41)37(48)35(24)43-36(47)32(20-25-10-12-26(13-11-25)21-34(46)49-2)42-33(45)22-29-8-5-7-28-6-3-4-9-31(28)29/h3-19,32H,20-23H2,1-2H3,(H,42,45)(H,43,47). The van der Waals surface area contributed by atoms with Gasteiger partial charge in [0.15, 0.2) is 0 Å². The van der Waals surface area contributed by atoms with Gasteiger partial charge in [-0.15, -0.1) is 13.2 Å². The number of ether oxygens (including phenoxy) is 2. The molecule has 0 aliphatic heterocycles. The summed E-state index contributed by atoms with van der Waals surface area (Å²) >= 11 is 0. The van der Waals surface area contributed by atoms with Crippen LogP contribution in [0.15, 0.2) is 108 Å². The van der Waals surface area contributed by atoms with Crippen molar-refractivity contribution in [3.05, 3.63) is 141 Å². The van der Waals surface area contributed by atoms with Crippen LogP contribution in [-0.2, 0) is 44.9 Å². The molecule has 5 aromatic rings. The van der Waals surface area contributed by atoms with Crippen LogP contribution in [0.5, 0.6) is 5.75 Å². The summed E-state index contributed by atoms with van der Waals surface area (Å²) in [7, 11) is 1.30. The van der Waals surface area contributed by atoms with Gasteiger partial charge in [-0.25, -0.2) is 0 Å². The summed E-state index contributed by atoms with van der Waals surface area (Å²) in [5.74, 6) is -1.81. The van der Waals surface area contributed by atoms with Crippen molar-refractivity contribution in [3.63, 3.8) is 0 Å². The van der Waals surface area contributed by atoms with Crippen molar-refractivity contribution >= 4 is 34.2 Å². The lowest BCUT2D eigenvalue weighted by atomic mass is 10.0. The van der Waals surface area contributed by atoms with E-state index in [0.717, 1.165) is 28.5 Å². The number of carbonyl (C=O) groups excluding carboxylic acids is 3. The lowest BCUT2D eigenvalue weighted by molar-refractivity contribution is -0.274. The number of esters is 1. The first-order chi connectivity index (χ1) is 23.9. The summed E-state index contributed by atoms with van der Waals surface area (Å²) in [6, 6.07) is 26.0. The van der Waals surface area contributed by atoms with E-state index in [1.54, 1.807) is 37.3 Å². The Morgan fingerprint density at radius 3 is 2.18 bits per heavy atom. The smallest absolute Gasteiger partial charge is 0.469 e. The molecule has 0 bridgehead atoms. The van der Waals surface area contributed by atoms with Crippen molar-refractivity contribution < 1.29 is 37.0 Å². The number of hydrogen-bond acceptors (Lipinski definition) is 6. The number of methoxy groups -OCH3 is 1. The van der Waals surface area contributed by atoms with E-state index in [1.807, 2.05) is 42.5 Å². The zero-order chi connectivity index (χ0) is 35.8. The van der Waals surface area contributed by atoms with Gasteiger partial charge in [-0.3, -0.25) is 19.2 Å². The van der Waals surface area contributed by atoms with E-state index in [9.17, 15) is 32.3 Å². The first kappa shape index (κ1) is 35.4. The highest BCUT2D eigenvalue weighted by molar-refractivity contribution is 5.98. The fourth-order valence-electron chi connectivity index (χ4n) is 5.49. The number of halogens is 3. The normalized spacial score (nSPS) is 11.9. The molecule has 2 amide bonds. The lowest BCUT2D eigenvalue weighted by Gasteiger charge is -2.20. The Hall–Kier alpha value is -5.91. The summed E-state index contributed by atoms with van der Waals surface area (Å²) in [5, 5.41) is 7.44. The second-order valence-corrected chi connectivity index (χ2v) is 11.7. The number of rotatable bonds is 12. The quantitative estimate of drug-likeness (QED) is 0.159. The van der Waals surface area contributed by atoms with Crippen molar-refractivity contribution in [1.29, 1.82) is 0 Å². The zero-order valence-corrected chi connectivity index (χ0v) is 27.3. The number of carbonyl (C=O) groups is 3. The van der Waals surface area contributed by atoms with Crippen molar-refractivity contribution in [2.24, 2.45) is 0 Å². The largest absolute Gasteiger partial charge is 0.573 e. The van der Waals surface area contributed by atoms with Gasteiger partial charge in [-0.2, -0.15) is 0 Å². The molecule has 0 radical (unpaired) electrons. The summed E-state index contributed by atoms with van der Waals surface area (Å²) in [6.07, 6.45) is -3.14. The fraction of sp³-hybridized carbons (Fsp3) is 0.211. The van der Waals surface area contributed by atoms with Crippen molar-refractivity contribution in [2.75, 3.05) is 12.4 Å². The van der Waals surface area contributed by atoms with E-state index >= 15 is 0 Å². The molecule has 50 heavy (non-hydrogen) atoms. The summed E-state index contributed by atoms with van der Waals surface area (Å²) in [4.78, 5) is 52.5. The monoisotopic (exact) mass is 685 g/mol. The number of aromatic nitrogens is 1. The highest BCUT2D eigenvalue weighted by Gasteiger charge is 2.31. The van der Waals surface area contributed by atoms with Crippen molar-refractivity contribution in [2.45, 2.75) is 45.1 Å². The van der Waals surface area contributed by atoms with Crippen LogP contribution in [0.25, 0.3) is 10.8 Å². The Balaban J connectivity index is 1.37. The minimum Gasteiger partial charge on any atom is -0.469 e. The number of nitrogens with one attached hydrogen (secondary N) is 2. The minimum absolute atomic E-state index is 0.00347. The Labute approximate surface area is 285 Å². The number of alkyl halides is 3. The predicted octanol–water partition coefficient (Wildman–Crippen LogP) is 5.88. The van der Waals surface area contributed by atoms with Crippen LogP contribution in [0.4, 0.5) is 18.9 Å². The number of benzene rings is 4. The molecule has 12 heteroatoms. The highest BCUT2D eigenvalue weighted by Crippen LogP contribution is 2.23. The number of pyridine rings is 1. The van der Waals surface area contributed by atoms with E-state index < -0.39 is 41.5 Å². The first-order valence-electron chi connectivity index (χ1n) is 15.6. The molecular weight excluding hydrogens is 651 g/mol. The Bertz CT molecular complexity index is 2050. The van der Waals surface area contributed by atoms with E-state index in [2.05, 4.69) is 15.4 Å². The summed E-state index contributed by atoms with van der Waals surface area (Å²) < 4.78 is 47.6. The van der Waals surface area contributed by atoms with Crippen LogP contribution >= 0.6 is 0 Å². The molecule has 0 fully saturated rings. The Morgan fingerprint density at radius 2 is 1.48 bits per heavy atom. The number of hydrogen-bond donors (Lipinski definition) is 2. The molecule has 5 rings (SSSR count). The number of amides is 2. The molecule has 2 N–H and O–H groups in total. The maximum Gasteiger partial charge on any atom is 0.573 e. The fourth-order valence-corrected chi connectivity index (χ4v) is 5.49. The minimum atomic E-state index is -4.83. The third kappa shape index (κ3) is 9.37. The van der Waals surface area contributed by atoms with Gasteiger partial charge in [0.05, 0.1) is 26.5 Å². The summed E-state index contributed by atoms with van der Waals surface area (Å²) in [5.41, 5.74) is 2.65. The van der Waals surface area contributed by atoms with Crippen LogP contribution in [0.2, 0.25) is 0 Å². The third-order valence-corrected chi connectivity index (χ3v) is 8.05. The molecular formula is C38H34F3N3O6. The maximum absolute atomic E-state index is 13.9. The number of anilines is 1. The molecule has 0 saturated carbocycles. The average molecular weight is 686 g/mol. The van der Waals surface area contributed by atoms with E-state index in [-0.39, 0.29) is 31.5 Å². The van der Waals surface area contributed by atoms with Gasteiger partial charge in [0.1, 0.15) is 17.5 Å². The Morgan fingerprint density at radius 1 is 0.820 bits per heavy atom. The molecule has 0 aliphatic rings. The molecule has 9 nitrogen and oxygen atoms in total. The van der Waals surface area contributed by atoms with E-state index in [1.165, 1.54) is 30.0 Å². The molecule has 1 unspecified atom stereocenters. The summed E-state index contributed by atoms with van der Waals surface area (Å²) in [6.45, 7) is 1.66.